The molecule has 120 valence electrons. The van der Waals surface area contributed by atoms with Gasteiger partial charge in [-0.3, -0.25) is 4.79 Å². The minimum atomic E-state index is -0.747. The van der Waals surface area contributed by atoms with Crippen LogP contribution in [0.1, 0.15) is 67.2 Å². The molecule has 0 saturated carbocycles. The third-order valence-corrected chi connectivity index (χ3v) is 4.21. The topological polar surface area (TPSA) is 52.6 Å². The van der Waals surface area contributed by atoms with E-state index in [1.54, 1.807) is 6.92 Å². The Labute approximate surface area is 127 Å². The van der Waals surface area contributed by atoms with Crippen molar-refractivity contribution in [3.05, 3.63) is 11.1 Å². The van der Waals surface area contributed by atoms with Crippen LogP contribution in [-0.2, 0) is 19.1 Å². The van der Waals surface area contributed by atoms with Gasteiger partial charge in [0.05, 0.1) is 13.0 Å². The van der Waals surface area contributed by atoms with E-state index in [9.17, 15) is 9.59 Å². The summed E-state index contributed by atoms with van der Waals surface area (Å²) in [4.78, 5) is 23.9. The smallest absolute Gasteiger partial charge is 0.334 e. The van der Waals surface area contributed by atoms with E-state index >= 15 is 0 Å². The number of hydrogen-bond donors (Lipinski definition) is 0. The predicted molar refractivity (Wildman–Crippen MR) is 81.8 cm³/mol. The van der Waals surface area contributed by atoms with Crippen LogP contribution in [0.25, 0.3) is 0 Å². The van der Waals surface area contributed by atoms with Gasteiger partial charge in [0.15, 0.2) is 0 Å². The summed E-state index contributed by atoms with van der Waals surface area (Å²) in [7, 11) is 0. The summed E-state index contributed by atoms with van der Waals surface area (Å²) >= 11 is 0. The molecule has 21 heavy (non-hydrogen) atoms. The number of ether oxygens (including phenoxy) is 2. The fraction of sp³-hybridized carbons (Fsp3) is 0.765. The van der Waals surface area contributed by atoms with Crippen molar-refractivity contribution >= 4 is 11.9 Å². The van der Waals surface area contributed by atoms with Gasteiger partial charge in [0.1, 0.15) is 5.60 Å². The van der Waals surface area contributed by atoms with Gasteiger partial charge in [-0.2, -0.15) is 0 Å². The van der Waals surface area contributed by atoms with Crippen LogP contribution < -0.4 is 0 Å². The zero-order valence-corrected chi connectivity index (χ0v) is 14.2. The SMILES string of the molecule is CCC(C)(C)CC(C(=O)OC1(C)CCOC(=O)C1)=C(C)C. The summed E-state index contributed by atoms with van der Waals surface area (Å²) in [6.07, 6.45) is 2.36. The minimum Gasteiger partial charge on any atom is -0.465 e. The largest absolute Gasteiger partial charge is 0.465 e. The maximum Gasteiger partial charge on any atom is 0.334 e. The van der Waals surface area contributed by atoms with Crippen LogP contribution in [0, 0.1) is 5.41 Å². The van der Waals surface area contributed by atoms with E-state index in [4.69, 9.17) is 9.47 Å². The maximum absolute atomic E-state index is 12.5. The average Bonchev–Trinajstić information content (AvgIpc) is 2.34. The van der Waals surface area contributed by atoms with Crippen LogP contribution in [0.5, 0.6) is 0 Å². The Hall–Kier alpha value is -1.32. The number of carbonyl (C=O) groups is 2. The average molecular weight is 296 g/mol. The van der Waals surface area contributed by atoms with Crippen LogP contribution in [0.15, 0.2) is 11.1 Å². The Morgan fingerprint density at radius 2 is 2.00 bits per heavy atom. The van der Waals surface area contributed by atoms with Gasteiger partial charge in [0.2, 0.25) is 0 Å². The summed E-state index contributed by atoms with van der Waals surface area (Å²) in [6.45, 7) is 12.4. The van der Waals surface area contributed by atoms with Crippen molar-refractivity contribution in [3.8, 4) is 0 Å². The van der Waals surface area contributed by atoms with Crippen molar-refractivity contribution in [2.45, 2.75) is 72.8 Å². The molecule has 1 aliphatic rings. The Bertz CT molecular complexity index is 444. The number of cyclic esters (lactones) is 1. The molecule has 4 heteroatoms. The fourth-order valence-electron chi connectivity index (χ4n) is 2.25. The molecule has 1 rings (SSSR count). The van der Waals surface area contributed by atoms with Crippen molar-refractivity contribution in [2.75, 3.05) is 6.61 Å². The molecule has 0 N–H and O–H groups in total. The van der Waals surface area contributed by atoms with E-state index < -0.39 is 5.60 Å². The van der Waals surface area contributed by atoms with E-state index in [0.717, 1.165) is 17.6 Å². The minimum absolute atomic E-state index is 0.0536. The monoisotopic (exact) mass is 296 g/mol. The second-order valence-corrected chi connectivity index (χ2v) is 7.16. The molecule has 1 unspecified atom stereocenters. The molecule has 1 heterocycles. The van der Waals surface area contributed by atoms with E-state index in [2.05, 4.69) is 20.8 Å². The van der Waals surface area contributed by atoms with E-state index in [1.807, 2.05) is 13.8 Å². The molecule has 0 bridgehead atoms. The van der Waals surface area contributed by atoms with E-state index in [0.29, 0.717) is 19.4 Å². The first-order valence-electron chi connectivity index (χ1n) is 7.64. The molecule has 0 aromatic rings. The Kier molecular flexibility index (Phi) is 5.60. The molecule has 0 amide bonds. The Morgan fingerprint density at radius 1 is 1.38 bits per heavy atom. The van der Waals surface area contributed by atoms with Gasteiger partial charge >= 0.3 is 11.9 Å². The number of hydrogen-bond acceptors (Lipinski definition) is 4. The number of rotatable bonds is 5. The van der Waals surface area contributed by atoms with Crippen LogP contribution in [-0.4, -0.2) is 24.1 Å². The Balaban J connectivity index is 2.84. The van der Waals surface area contributed by atoms with Crippen LogP contribution in [0.4, 0.5) is 0 Å². The summed E-state index contributed by atoms with van der Waals surface area (Å²) < 4.78 is 10.6. The summed E-state index contributed by atoms with van der Waals surface area (Å²) in [5.41, 5.74) is 1.01. The third kappa shape index (κ3) is 5.18. The lowest BCUT2D eigenvalue weighted by atomic mass is 9.82. The zero-order valence-electron chi connectivity index (χ0n) is 14.2. The molecule has 0 radical (unpaired) electrons. The van der Waals surface area contributed by atoms with Gasteiger partial charge in [-0.1, -0.05) is 32.8 Å². The molecule has 1 fully saturated rings. The molecule has 1 saturated heterocycles. The molecule has 0 aromatic heterocycles. The lowest BCUT2D eigenvalue weighted by molar-refractivity contribution is -0.172. The second kappa shape index (κ2) is 6.63. The van der Waals surface area contributed by atoms with Gasteiger partial charge in [0, 0.05) is 12.0 Å². The van der Waals surface area contributed by atoms with E-state index in [-0.39, 0.29) is 23.8 Å². The van der Waals surface area contributed by atoms with Crippen molar-refractivity contribution in [1.29, 1.82) is 0 Å². The van der Waals surface area contributed by atoms with Gasteiger partial charge < -0.3 is 9.47 Å². The molecule has 4 nitrogen and oxygen atoms in total. The molecule has 0 spiro atoms. The molecule has 1 aliphatic heterocycles. The van der Waals surface area contributed by atoms with Crippen LogP contribution in [0.2, 0.25) is 0 Å². The van der Waals surface area contributed by atoms with E-state index in [1.165, 1.54) is 0 Å². The third-order valence-electron chi connectivity index (χ3n) is 4.21. The Morgan fingerprint density at radius 3 is 2.48 bits per heavy atom. The first-order valence-corrected chi connectivity index (χ1v) is 7.64. The zero-order chi connectivity index (χ0) is 16.3. The highest BCUT2D eigenvalue weighted by atomic mass is 16.6. The molecular formula is C17H28O4. The summed E-state index contributed by atoms with van der Waals surface area (Å²) in [6, 6.07) is 0. The van der Waals surface area contributed by atoms with Crippen molar-refractivity contribution in [1.82, 2.24) is 0 Å². The first kappa shape index (κ1) is 17.7. The fourth-order valence-corrected chi connectivity index (χ4v) is 2.25. The molecule has 0 aromatic carbocycles. The van der Waals surface area contributed by atoms with Gasteiger partial charge in [-0.25, -0.2) is 4.79 Å². The number of esters is 2. The van der Waals surface area contributed by atoms with Crippen LogP contribution >= 0.6 is 0 Å². The van der Waals surface area contributed by atoms with Gasteiger partial charge in [-0.15, -0.1) is 0 Å². The highest BCUT2D eigenvalue weighted by Gasteiger charge is 2.37. The van der Waals surface area contributed by atoms with Crippen molar-refractivity contribution in [2.24, 2.45) is 5.41 Å². The van der Waals surface area contributed by atoms with Gasteiger partial charge in [0.25, 0.3) is 0 Å². The van der Waals surface area contributed by atoms with Crippen LogP contribution in [0.3, 0.4) is 0 Å². The summed E-state index contributed by atoms with van der Waals surface area (Å²) in [5.74, 6) is -0.599. The van der Waals surface area contributed by atoms with Crippen molar-refractivity contribution < 1.29 is 19.1 Å². The summed E-state index contributed by atoms with van der Waals surface area (Å²) in [5, 5.41) is 0. The highest BCUT2D eigenvalue weighted by molar-refractivity contribution is 5.90. The molecule has 0 aliphatic carbocycles. The quantitative estimate of drug-likeness (QED) is 0.572. The lowest BCUT2D eigenvalue weighted by Crippen LogP contribution is -2.40. The standard InChI is InChI=1S/C17H28O4/c1-7-16(4,5)10-13(12(2)3)15(19)21-17(6)8-9-20-14(18)11-17/h7-11H2,1-6H3. The highest BCUT2D eigenvalue weighted by Crippen LogP contribution is 2.33. The predicted octanol–water partition coefficient (Wildman–Crippen LogP) is 3.79. The number of allylic oxidation sites excluding steroid dienone is 1. The lowest BCUT2D eigenvalue weighted by Gasteiger charge is -2.33. The van der Waals surface area contributed by atoms with Gasteiger partial charge in [-0.05, 0) is 32.6 Å². The molecular weight excluding hydrogens is 268 g/mol. The second-order valence-electron chi connectivity index (χ2n) is 7.16. The first-order chi connectivity index (χ1) is 9.58. The normalized spacial score (nSPS) is 22.5. The van der Waals surface area contributed by atoms with Crippen molar-refractivity contribution in [3.63, 3.8) is 0 Å². The maximum atomic E-state index is 12.5. The molecule has 1 atom stereocenters. The number of carbonyl (C=O) groups excluding carboxylic acids is 2.